The summed E-state index contributed by atoms with van der Waals surface area (Å²) in [5, 5.41) is 8.12. The van der Waals surface area contributed by atoms with Crippen LogP contribution in [-0.2, 0) is 22.3 Å². The zero-order valence-corrected chi connectivity index (χ0v) is 18.9. The minimum Gasteiger partial charge on any atom is -0.362 e. The number of rotatable bonds is 8. The lowest BCUT2D eigenvalue weighted by Gasteiger charge is -2.27. The third-order valence-electron chi connectivity index (χ3n) is 5.69. The highest BCUT2D eigenvalue weighted by molar-refractivity contribution is 5.27. The van der Waals surface area contributed by atoms with E-state index in [4.69, 9.17) is 9.47 Å². The molecular weight excluding hydrogens is 396 g/mol. The molecule has 166 valence electrons. The lowest BCUT2D eigenvalue weighted by atomic mass is 9.92. The van der Waals surface area contributed by atoms with Gasteiger partial charge in [0.25, 0.3) is 0 Å². The van der Waals surface area contributed by atoms with E-state index in [-0.39, 0.29) is 0 Å². The Morgan fingerprint density at radius 3 is 1.55 bits per heavy atom. The highest BCUT2D eigenvalue weighted by Crippen LogP contribution is 2.36. The molecule has 2 aromatic rings. The lowest BCUT2D eigenvalue weighted by molar-refractivity contribution is -0.149. The lowest BCUT2D eigenvalue weighted by Crippen LogP contribution is -2.42. The van der Waals surface area contributed by atoms with E-state index < -0.39 is 30.1 Å². The van der Waals surface area contributed by atoms with Crippen LogP contribution in [0.4, 0.5) is 0 Å². The number of aryl methyl sites for hydroxylation is 4. The summed E-state index contributed by atoms with van der Waals surface area (Å²) in [6.07, 6.45) is -0.134. The van der Waals surface area contributed by atoms with Crippen molar-refractivity contribution in [1.29, 1.82) is 0 Å². The average Bonchev–Trinajstić information content (AvgIpc) is 3.28. The second-order valence-electron chi connectivity index (χ2n) is 8.72. The third kappa shape index (κ3) is 5.24. The Labute approximate surface area is 181 Å². The molecule has 1 fully saturated rings. The molecule has 2 aromatic heterocycles. The molecule has 10 nitrogen and oxygen atoms in total. The number of azide groups is 2. The van der Waals surface area contributed by atoms with E-state index in [9.17, 15) is 11.1 Å². The molecule has 3 rings (SSSR count). The topological polar surface area (TPSA) is 148 Å². The summed E-state index contributed by atoms with van der Waals surface area (Å²) in [6.45, 7) is 11.6. The molecule has 0 bridgehead atoms. The summed E-state index contributed by atoms with van der Waals surface area (Å²) in [7, 11) is 0. The Balaban J connectivity index is 1.94. The van der Waals surface area contributed by atoms with Crippen LogP contribution in [0.3, 0.4) is 0 Å². The largest absolute Gasteiger partial charge is 0.362 e. The van der Waals surface area contributed by atoms with Crippen molar-refractivity contribution in [3.8, 4) is 0 Å². The molecule has 0 aliphatic carbocycles. The number of H-pyrrole nitrogens is 2. The molecule has 0 aromatic carbocycles. The first-order valence-corrected chi connectivity index (χ1v) is 10.4. The maximum Gasteiger partial charge on any atom is 0.163 e. The van der Waals surface area contributed by atoms with Crippen molar-refractivity contribution in [2.45, 2.75) is 84.5 Å². The first kappa shape index (κ1) is 22.8. The Hall–Kier alpha value is -2.90. The fourth-order valence-corrected chi connectivity index (χ4v) is 4.43. The minimum atomic E-state index is -0.895. The van der Waals surface area contributed by atoms with Gasteiger partial charge in [0.15, 0.2) is 5.79 Å². The molecule has 0 amide bonds. The van der Waals surface area contributed by atoms with Gasteiger partial charge in [0, 0.05) is 32.6 Å². The van der Waals surface area contributed by atoms with Crippen LogP contribution in [0.2, 0.25) is 0 Å². The predicted octanol–water partition coefficient (Wildman–Crippen LogP) is 5.24. The van der Waals surface area contributed by atoms with E-state index in [1.165, 1.54) is 0 Å². The summed E-state index contributed by atoms with van der Waals surface area (Å²) in [5.41, 5.74) is 24.7. The standard InChI is InChI=1S/C21H30N8O2/c1-11-7-15(13(3)24-11)9-17(26-28-22)19-20(31-21(5,6)30-19)18(27-29-23)10-16-8-12(2)25-14(16)4/h7-8,17-20,24-25H,9-10H2,1-6H3/t17-,18-,19+,20+/m1/s1. The number of ether oxygens (including phenoxy) is 2. The molecule has 0 unspecified atom stereocenters. The van der Waals surface area contributed by atoms with Crippen LogP contribution in [0, 0.1) is 27.7 Å². The number of hydrogen-bond donors (Lipinski definition) is 2. The van der Waals surface area contributed by atoms with Gasteiger partial charge in [-0.15, -0.1) is 0 Å². The number of hydrogen-bond acceptors (Lipinski definition) is 4. The number of nitrogens with one attached hydrogen (secondary N) is 2. The van der Waals surface area contributed by atoms with Crippen molar-refractivity contribution in [3.05, 3.63) is 66.9 Å². The first-order chi connectivity index (χ1) is 14.6. The van der Waals surface area contributed by atoms with E-state index >= 15 is 0 Å². The molecule has 1 aliphatic heterocycles. The van der Waals surface area contributed by atoms with Gasteiger partial charge in [-0.2, -0.15) is 0 Å². The van der Waals surface area contributed by atoms with Gasteiger partial charge >= 0.3 is 0 Å². The SMILES string of the molecule is Cc1cc(C[C@@H](N=[N+]=[N-])[C@@H]2OC(C)(C)O[C@H]2[C@@H](Cc2cc(C)[nH]c2C)N=[N+]=[N-])c(C)[nH]1. The van der Waals surface area contributed by atoms with E-state index in [1.807, 2.05) is 53.7 Å². The summed E-state index contributed by atoms with van der Waals surface area (Å²) in [6, 6.07) is 3.05. The molecule has 1 saturated heterocycles. The van der Waals surface area contributed by atoms with Gasteiger partial charge in [-0.05, 0) is 88.7 Å². The van der Waals surface area contributed by atoms with Crippen molar-refractivity contribution in [3.63, 3.8) is 0 Å². The van der Waals surface area contributed by atoms with Crippen molar-refractivity contribution in [2.24, 2.45) is 10.2 Å². The minimum absolute atomic E-state index is 0.492. The van der Waals surface area contributed by atoms with E-state index in [1.54, 1.807) is 0 Å². The van der Waals surface area contributed by atoms with Crippen LogP contribution in [0.15, 0.2) is 22.4 Å². The first-order valence-electron chi connectivity index (χ1n) is 10.4. The van der Waals surface area contributed by atoms with Gasteiger partial charge in [-0.25, -0.2) is 0 Å². The van der Waals surface area contributed by atoms with Crippen LogP contribution in [0.25, 0.3) is 20.9 Å². The Morgan fingerprint density at radius 1 is 0.871 bits per heavy atom. The van der Waals surface area contributed by atoms with Crippen LogP contribution in [0.5, 0.6) is 0 Å². The van der Waals surface area contributed by atoms with Crippen molar-refractivity contribution in [1.82, 2.24) is 9.97 Å². The molecule has 4 atom stereocenters. The van der Waals surface area contributed by atoms with Crippen molar-refractivity contribution in [2.75, 3.05) is 0 Å². The fraction of sp³-hybridized carbons (Fsp3) is 0.619. The predicted molar refractivity (Wildman–Crippen MR) is 118 cm³/mol. The van der Waals surface area contributed by atoms with Gasteiger partial charge in [0.05, 0.1) is 24.3 Å². The second-order valence-corrected chi connectivity index (χ2v) is 8.72. The molecule has 31 heavy (non-hydrogen) atoms. The van der Waals surface area contributed by atoms with Crippen LogP contribution < -0.4 is 0 Å². The fourth-order valence-electron chi connectivity index (χ4n) is 4.43. The molecular formula is C21H30N8O2. The van der Waals surface area contributed by atoms with E-state index in [2.05, 4.69) is 30.0 Å². The van der Waals surface area contributed by atoms with Crippen molar-refractivity contribution < 1.29 is 9.47 Å². The maximum absolute atomic E-state index is 9.25. The molecule has 0 spiro atoms. The van der Waals surface area contributed by atoms with Gasteiger partial charge in [-0.3, -0.25) is 0 Å². The van der Waals surface area contributed by atoms with Gasteiger partial charge in [0.1, 0.15) is 0 Å². The summed E-state index contributed by atoms with van der Waals surface area (Å²) >= 11 is 0. The van der Waals surface area contributed by atoms with Crippen LogP contribution >= 0.6 is 0 Å². The summed E-state index contributed by atoms with van der Waals surface area (Å²) in [5.74, 6) is -0.895. The van der Waals surface area contributed by atoms with Gasteiger partial charge in [-0.1, -0.05) is 10.2 Å². The maximum atomic E-state index is 9.25. The van der Waals surface area contributed by atoms with Gasteiger partial charge < -0.3 is 19.4 Å². The third-order valence-corrected chi connectivity index (χ3v) is 5.69. The molecule has 0 saturated carbocycles. The van der Waals surface area contributed by atoms with E-state index in [0.717, 1.165) is 33.9 Å². The Bertz CT molecular complexity index is 946. The van der Waals surface area contributed by atoms with Gasteiger partial charge in [0.2, 0.25) is 0 Å². The molecule has 1 aliphatic rings. The van der Waals surface area contributed by atoms with Crippen molar-refractivity contribution >= 4 is 0 Å². The van der Waals surface area contributed by atoms with E-state index in [0.29, 0.717) is 12.8 Å². The van der Waals surface area contributed by atoms with Crippen LogP contribution in [-0.4, -0.2) is 40.0 Å². The zero-order chi connectivity index (χ0) is 22.8. The smallest absolute Gasteiger partial charge is 0.163 e. The average molecular weight is 427 g/mol. The number of nitrogens with zero attached hydrogens (tertiary/aromatic N) is 6. The quantitative estimate of drug-likeness (QED) is 0.337. The highest BCUT2D eigenvalue weighted by Gasteiger charge is 2.48. The Morgan fingerprint density at radius 2 is 1.26 bits per heavy atom. The monoisotopic (exact) mass is 426 g/mol. The molecule has 10 heteroatoms. The highest BCUT2D eigenvalue weighted by atomic mass is 16.8. The molecule has 0 radical (unpaired) electrons. The molecule has 2 N–H and O–H groups in total. The van der Waals surface area contributed by atoms with Crippen LogP contribution in [0.1, 0.15) is 47.8 Å². The summed E-state index contributed by atoms with van der Waals surface area (Å²) in [4.78, 5) is 12.7. The normalized spacial score (nSPS) is 21.9. The second kappa shape index (κ2) is 9.08. The number of aromatic amines is 2. The summed E-state index contributed by atoms with van der Waals surface area (Å²) < 4.78 is 12.4. The zero-order valence-electron chi connectivity index (χ0n) is 18.9. The molecule has 3 heterocycles. The number of aromatic nitrogens is 2. The Kier molecular flexibility index (Phi) is 6.67.